The molecule has 0 aliphatic heterocycles. The standard InChI is InChI=1S/C13H15N3O3/c17-6-5-14-13(18)15-9-3-4-11-10(7-9)16-12(19-11)8-1-2-8/h3-4,7-8,17H,1-2,5-6H2,(H2,14,15,18). The van der Waals surface area contributed by atoms with E-state index in [1.165, 1.54) is 0 Å². The molecule has 1 aromatic heterocycles. The van der Waals surface area contributed by atoms with Gasteiger partial charge in [0.2, 0.25) is 0 Å². The van der Waals surface area contributed by atoms with Crippen LogP contribution in [0.25, 0.3) is 11.1 Å². The summed E-state index contributed by atoms with van der Waals surface area (Å²) in [5, 5.41) is 13.8. The molecule has 1 aliphatic rings. The van der Waals surface area contributed by atoms with Gasteiger partial charge in [-0.05, 0) is 31.0 Å². The van der Waals surface area contributed by atoms with Crippen molar-refractivity contribution >= 4 is 22.8 Å². The molecule has 100 valence electrons. The monoisotopic (exact) mass is 261 g/mol. The van der Waals surface area contributed by atoms with Crippen molar-refractivity contribution in [3.8, 4) is 0 Å². The van der Waals surface area contributed by atoms with Crippen LogP contribution >= 0.6 is 0 Å². The number of fused-ring (bicyclic) bond motifs is 1. The molecule has 6 heteroatoms. The van der Waals surface area contributed by atoms with Gasteiger partial charge in [-0.25, -0.2) is 9.78 Å². The van der Waals surface area contributed by atoms with Crippen molar-refractivity contribution < 1.29 is 14.3 Å². The Bertz CT molecular complexity index is 604. The molecule has 1 saturated carbocycles. The molecule has 19 heavy (non-hydrogen) atoms. The summed E-state index contributed by atoms with van der Waals surface area (Å²) in [6.45, 7) is 0.143. The van der Waals surface area contributed by atoms with Crippen LogP contribution in [0.1, 0.15) is 24.7 Å². The number of rotatable bonds is 4. The van der Waals surface area contributed by atoms with E-state index in [0.29, 0.717) is 11.6 Å². The molecule has 0 radical (unpaired) electrons. The Kier molecular flexibility index (Phi) is 3.08. The van der Waals surface area contributed by atoms with Crippen molar-refractivity contribution in [3.05, 3.63) is 24.1 Å². The zero-order valence-corrected chi connectivity index (χ0v) is 10.3. The Morgan fingerprint density at radius 2 is 2.32 bits per heavy atom. The number of aromatic nitrogens is 1. The minimum absolute atomic E-state index is 0.0828. The van der Waals surface area contributed by atoms with E-state index in [2.05, 4.69) is 15.6 Å². The van der Waals surface area contributed by atoms with Gasteiger partial charge in [-0.2, -0.15) is 0 Å². The molecule has 0 unspecified atom stereocenters. The fourth-order valence-electron chi connectivity index (χ4n) is 1.87. The third kappa shape index (κ3) is 2.68. The number of hydrogen-bond acceptors (Lipinski definition) is 4. The molecule has 0 bridgehead atoms. The molecule has 6 nitrogen and oxygen atoms in total. The lowest BCUT2D eigenvalue weighted by molar-refractivity contribution is 0.245. The van der Waals surface area contributed by atoms with Gasteiger partial charge in [0.05, 0.1) is 6.61 Å². The summed E-state index contributed by atoms with van der Waals surface area (Å²) in [6, 6.07) is 5.00. The molecule has 1 heterocycles. The predicted molar refractivity (Wildman–Crippen MR) is 70.1 cm³/mol. The van der Waals surface area contributed by atoms with Gasteiger partial charge in [-0.15, -0.1) is 0 Å². The van der Waals surface area contributed by atoms with Crippen LogP contribution in [0.3, 0.4) is 0 Å². The Hall–Kier alpha value is -2.08. The fraction of sp³-hybridized carbons (Fsp3) is 0.385. The number of benzene rings is 1. The molecule has 2 amide bonds. The first-order valence-corrected chi connectivity index (χ1v) is 6.32. The van der Waals surface area contributed by atoms with E-state index in [9.17, 15) is 4.79 Å². The summed E-state index contributed by atoms with van der Waals surface area (Å²) in [5.41, 5.74) is 2.14. The Morgan fingerprint density at radius 3 is 3.05 bits per heavy atom. The quantitative estimate of drug-likeness (QED) is 0.783. The third-order valence-corrected chi connectivity index (χ3v) is 2.99. The zero-order chi connectivity index (χ0) is 13.2. The van der Waals surface area contributed by atoms with Crippen molar-refractivity contribution in [1.82, 2.24) is 10.3 Å². The van der Waals surface area contributed by atoms with Crippen molar-refractivity contribution in [3.63, 3.8) is 0 Å². The molecule has 3 rings (SSSR count). The molecule has 2 aromatic rings. The van der Waals surface area contributed by atoms with Crippen LogP contribution in [0.2, 0.25) is 0 Å². The SMILES string of the molecule is O=C(NCCO)Nc1ccc2oc(C3CC3)nc2c1. The number of aliphatic hydroxyl groups excluding tert-OH is 1. The smallest absolute Gasteiger partial charge is 0.319 e. The summed E-state index contributed by atoms with van der Waals surface area (Å²) in [6.07, 6.45) is 2.28. The normalized spacial score (nSPS) is 14.6. The van der Waals surface area contributed by atoms with E-state index >= 15 is 0 Å². The second kappa shape index (κ2) is 4.89. The van der Waals surface area contributed by atoms with Crippen LogP contribution in [-0.2, 0) is 0 Å². The van der Waals surface area contributed by atoms with E-state index in [1.54, 1.807) is 18.2 Å². The summed E-state index contributed by atoms with van der Waals surface area (Å²) in [7, 11) is 0. The second-order valence-electron chi connectivity index (χ2n) is 4.61. The van der Waals surface area contributed by atoms with E-state index in [0.717, 1.165) is 29.8 Å². The Morgan fingerprint density at radius 1 is 1.47 bits per heavy atom. The van der Waals surface area contributed by atoms with Gasteiger partial charge < -0.3 is 20.2 Å². The van der Waals surface area contributed by atoms with Crippen LogP contribution in [0, 0.1) is 0 Å². The Balaban J connectivity index is 1.75. The van der Waals surface area contributed by atoms with Gasteiger partial charge in [0, 0.05) is 18.2 Å². The molecule has 3 N–H and O–H groups in total. The first-order valence-electron chi connectivity index (χ1n) is 6.32. The number of carbonyl (C=O) groups excluding carboxylic acids is 1. The first-order chi connectivity index (χ1) is 9.26. The number of hydrogen-bond donors (Lipinski definition) is 3. The highest BCUT2D eigenvalue weighted by Crippen LogP contribution is 2.40. The molecule has 0 spiro atoms. The zero-order valence-electron chi connectivity index (χ0n) is 10.3. The predicted octanol–water partition coefficient (Wildman–Crippen LogP) is 1.82. The number of oxazole rings is 1. The topological polar surface area (TPSA) is 87.4 Å². The van der Waals surface area contributed by atoms with Gasteiger partial charge in [0.15, 0.2) is 11.5 Å². The maximum atomic E-state index is 11.5. The van der Waals surface area contributed by atoms with E-state index in [4.69, 9.17) is 9.52 Å². The highest BCUT2D eigenvalue weighted by Gasteiger charge is 2.28. The van der Waals surface area contributed by atoms with Crippen molar-refractivity contribution in [2.45, 2.75) is 18.8 Å². The van der Waals surface area contributed by atoms with Crippen molar-refractivity contribution in [2.75, 3.05) is 18.5 Å². The lowest BCUT2D eigenvalue weighted by Gasteiger charge is -2.05. The number of nitrogens with zero attached hydrogens (tertiary/aromatic N) is 1. The van der Waals surface area contributed by atoms with Gasteiger partial charge in [0.1, 0.15) is 5.52 Å². The lowest BCUT2D eigenvalue weighted by Crippen LogP contribution is -2.30. The molecule has 0 atom stereocenters. The largest absolute Gasteiger partial charge is 0.440 e. The van der Waals surface area contributed by atoms with Crippen molar-refractivity contribution in [2.24, 2.45) is 0 Å². The number of carbonyl (C=O) groups is 1. The first kappa shape index (κ1) is 12.0. The average molecular weight is 261 g/mol. The second-order valence-corrected chi connectivity index (χ2v) is 4.61. The number of urea groups is 1. The van der Waals surface area contributed by atoms with Gasteiger partial charge in [-0.1, -0.05) is 0 Å². The van der Waals surface area contributed by atoms with E-state index < -0.39 is 0 Å². The van der Waals surface area contributed by atoms with Gasteiger partial charge in [-0.3, -0.25) is 0 Å². The lowest BCUT2D eigenvalue weighted by atomic mass is 10.3. The molecule has 0 saturated heterocycles. The maximum absolute atomic E-state index is 11.5. The highest BCUT2D eigenvalue weighted by molar-refractivity contribution is 5.91. The average Bonchev–Trinajstić information content (AvgIpc) is 3.16. The summed E-state index contributed by atoms with van der Waals surface area (Å²) in [4.78, 5) is 15.9. The van der Waals surface area contributed by atoms with Crippen LogP contribution in [0.5, 0.6) is 0 Å². The number of anilines is 1. The van der Waals surface area contributed by atoms with Crippen LogP contribution in [0.15, 0.2) is 22.6 Å². The maximum Gasteiger partial charge on any atom is 0.319 e. The summed E-state index contributed by atoms with van der Waals surface area (Å²) < 4.78 is 5.64. The van der Waals surface area contributed by atoms with Crippen LogP contribution in [0.4, 0.5) is 10.5 Å². The summed E-state index contributed by atoms with van der Waals surface area (Å²) in [5.74, 6) is 1.26. The van der Waals surface area contributed by atoms with E-state index in [1.807, 2.05) is 0 Å². The Labute approximate surface area is 109 Å². The van der Waals surface area contributed by atoms with Crippen LogP contribution < -0.4 is 10.6 Å². The molecule has 1 fully saturated rings. The molecular weight excluding hydrogens is 246 g/mol. The number of aliphatic hydroxyl groups is 1. The number of amides is 2. The van der Waals surface area contributed by atoms with Gasteiger partial charge in [0.25, 0.3) is 0 Å². The third-order valence-electron chi connectivity index (χ3n) is 2.99. The van der Waals surface area contributed by atoms with Crippen LogP contribution in [-0.4, -0.2) is 29.3 Å². The molecule has 1 aromatic carbocycles. The summed E-state index contributed by atoms with van der Waals surface area (Å²) >= 11 is 0. The fourth-order valence-corrected chi connectivity index (χ4v) is 1.87. The minimum Gasteiger partial charge on any atom is -0.440 e. The van der Waals surface area contributed by atoms with Gasteiger partial charge >= 0.3 is 6.03 Å². The van der Waals surface area contributed by atoms with E-state index in [-0.39, 0.29) is 19.2 Å². The minimum atomic E-state index is -0.348. The molecular formula is C13H15N3O3. The number of nitrogens with one attached hydrogen (secondary N) is 2. The van der Waals surface area contributed by atoms with Crippen molar-refractivity contribution in [1.29, 1.82) is 0 Å². The highest BCUT2D eigenvalue weighted by atomic mass is 16.3. The molecule has 1 aliphatic carbocycles.